The third kappa shape index (κ3) is 4.09. The Bertz CT molecular complexity index is 1100. The van der Waals surface area contributed by atoms with Crippen molar-refractivity contribution in [2.24, 2.45) is 10.1 Å². The Labute approximate surface area is 179 Å². The van der Waals surface area contributed by atoms with Gasteiger partial charge in [0.05, 0.1) is 38.4 Å². The largest absolute Gasteiger partial charge is 0.493 e. The van der Waals surface area contributed by atoms with Crippen LogP contribution >= 0.6 is 11.8 Å². The highest BCUT2D eigenvalue weighted by molar-refractivity contribution is 8.14. The van der Waals surface area contributed by atoms with Crippen molar-refractivity contribution in [2.75, 3.05) is 20.0 Å². The smallest absolute Gasteiger partial charge is 0.182 e. The van der Waals surface area contributed by atoms with Gasteiger partial charge in [0.2, 0.25) is 0 Å². The Kier molecular flexibility index (Phi) is 5.85. The summed E-state index contributed by atoms with van der Waals surface area (Å²) in [4.78, 5) is 4.63. The van der Waals surface area contributed by atoms with Gasteiger partial charge in [-0.1, -0.05) is 11.8 Å². The molecule has 1 aliphatic heterocycles. The van der Waals surface area contributed by atoms with Crippen LogP contribution < -0.4 is 14.9 Å². The number of amidine groups is 1. The first-order valence-corrected chi connectivity index (χ1v) is 10.5. The standard InChI is InChI=1S/C22H24N4O3S/c1-14-10-18(15(2)26(14)12-17-6-5-9-29-17)19-13-30-22(25-24-19)23-16-7-8-20(27-3)21(11-16)28-4/h5-11H,12-13H2,1-4H3,(H,23,25). The molecule has 0 unspecified atom stereocenters. The van der Waals surface area contributed by atoms with Gasteiger partial charge in [-0.2, -0.15) is 5.10 Å². The van der Waals surface area contributed by atoms with Crippen LogP contribution in [-0.2, 0) is 6.54 Å². The zero-order chi connectivity index (χ0) is 21.1. The first-order chi connectivity index (χ1) is 14.6. The molecule has 0 bridgehead atoms. The van der Waals surface area contributed by atoms with Gasteiger partial charge >= 0.3 is 0 Å². The number of hydrazone groups is 1. The van der Waals surface area contributed by atoms with Crippen molar-refractivity contribution >= 4 is 28.3 Å². The highest BCUT2D eigenvalue weighted by Gasteiger charge is 2.19. The van der Waals surface area contributed by atoms with E-state index < -0.39 is 0 Å². The average Bonchev–Trinajstić information content (AvgIpc) is 3.38. The SMILES string of the molecule is COc1ccc(N=C2NN=C(c3cc(C)n(Cc4ccco4)c3C)CS2)cc1OC. The fourth-order valence-corrected chi connectivity index (χ4v) is 4.19. The van der Waals surface area contributed by atoms with E-state index in [4.69, 9.17) is 13.9 Å². The van der Waals surface area contributed by atoms with E-state index in [0.29, 0.717) is 18.0 Å². The zero-order valence-electron chi connectivity index (χ0n) is 17.4. The summed E-state index contributed by atoms with van der Waals surface area (Å²) in [6.07, 6.45) is 1.70. The van der Waals surface area contributed by atoms with Gasteiger partial charge in [0, 0.05) is 28.8 Å². The van der Waals surface area contributed by atoms with E-state index in [1.54, 1.807) is 32.2 Å². The molecule has 0 saturated heterocycles. The quantitative estimate of drug-likeness (QED) is 0.631. The van der Waals surface area contributed by atoms with Gasteiger partial charge in [-0.05, 0) is 44.2 Å². The first-order valence-electron chi connectivity index (χ1n) is 9.54. The van der Waals surface area contributed by atoms with Gasteiger partial charge in [0.1, 0.15) is 5.76 Å². The molecule has 1 aromatic carbocycles. The number of thioether (sulfide) groups is 1. The molecule has 0 spiro atoms. The number of nitrogens with one attached hydrogen (secondary N) is 1. The molecule has 1 aliphatic rings. The molecule has 1 N–H and O–H groups in total. The lowest BCUT2D eigenvalue weighted by Gasteiger charge is -2.15. The van der Waals surface area contributed by atoms with Gasteiger partial charge in [-0.3, -0.25) is 5.43 Å². The summed E-state index contributed by atoms with van der Waals surface area (Å²) < 4.78 is 18.4. The number of aromatic nitrogens is 1. The van der Waals surface area contributed by atoms with E-state index in [1.807, 2.05) is 30.3 Å². The third-order valence-electron chi connectivity index (χ3n) is 5.01. The van der Waals surface area contributed by atoms with E-state index in [-0.39, 0.29) is 0 Å². The second-order valence-corrected chi connectivity index (χ2v) is 7.83. The Morgan fingerprint density at radius 1 is 1.17 bits per heavy atom. The maximum atomic E-state index is 5.50. The Balaban J connectivity index is 1.52. The van der Waals surface area contributed by atoms with Crippen molar-refractivity contribution < 1.29 is 13.9 Å². The fourth-order valence-electron chi connectivity index (χ4n) is 3.42. The molecule has 156 valence electrons. The van der Waals surface area contributed by atoms with E-state index in [0.717, 1.165) is 33.6 Å². The molecule has 0 amide bonds. The summed E-state index contributed by atoms with van der Waals surface area (Å²) >= 11 is 1.62. The molecule has 3 heterocycles. The van der Waals surface area contributed by atoms with E-state index in [1.165, 1.54) is 11.4 Å². The Morgan fingerprint density at radius 3 is 2.67 bits per heavy atom. The van der Waals surface area contributed by atoms with Crippen LogP contribution in [0.4, 0.5) is 5.69 Å². The molecule has 0 aliphatic carbocycles. The van der Waals surface area contributed by atoms with Crippen molar-refractivity contribution in [3.63, 3.8) is 0 Å². The second kappa shape index (κ2) is 8.71. The van der Waals surface area contributed by atoms with E-state index in [9.17, 15) is 0 Å². The van der Waals surface area contributed by atoms with Gasteiger partial charge in [-0.25, -0.2) is 4.99 Å². The molecular weight excluding hydrogens is 400 g/mol. The number of ether oxygens (including phenoxy) is 2. The number of rotatable bonds is 6. The first kappa shape index (κ1) is 20.2. The summed E-state index contributed by atoms with van der Waals surface area (Å²) in [6, 6.07) is 11.7. The molecule has 0 atom stereocenters. The van der Waals surface area contributed by atoms with Crippen molar-refractivity contribution in [3.05, 3.63) is 65.4 Å². The summed E-state index contributed by atoms with van der Waals surface area (Å²) in [5, 5.41) is 5.33. The van der Waals surface area contributed by atoms with Crippen LogP contribution in [-0.4, -0.2) is 35.4 Å². The van der Waals surface area contributed by atoms with Crippen LogP contribution in [0.15, 0.2) is 57.2 Å². The molecule has 0 radical (unpaired) electrons. The lowest BCUT2D eigenvalue weighted by atomic mass is 10.1. The minimum Gasteiger partial charge on any atom is -0.493 e. The van der Waals surface area contributed by atoms with Gasteiger partial charge < -0.3 is 18.5 Å². The number of methoxy groups -OCH3 is 2. The average molecular weight is 425 g/mol. The van der Waals surface area contributed by atoms with Crippen LogP contribution in [0.2, 0.25) is 0 Å². The normalized spacial score (nSPS) is 15.1. The number of benzene rings is 1. The van der Waals surface area contributed by atoms with Crippen LogP contribution in [0.3, 0.4) is 0 Å². The topological polar surface area (TPSA) is 73.3 Å². The predicted octanol–water partition coefficient (Wildman–Crippen LogP) is 4.49. The fraction of sp³-hybridized carbons (Fsp3) is 0.273. The number of aryl methyl sites for hydroxylation is 1. The number of hydrogen-bond donors (Lipinski definition) is 1. The number of hydrogen-bond acceptors (Lipinski definition) is 6. The summed E-state index contributed by atoms with van der Waals surface area (Å²) in [7, 11) is 3.23. The summed E-state index contributed by atoms with van der Waals surface area (Å²) in [5.74, 6) is 3.00. The van der Waals surface area contributed by atoms with Crippen LogP contribution in [0.1, 0.15) is 22.7 Å². The lowest BCUT2D eigenvalue weighted by molar-refractivity contribution is 0.355. The summed E-state index contributed by atoms with van der Waals surface area (Å²) in [5.41, 5.74) is 8.36. The van der Waals surface area contributed by atoms with Crippen molar-refractivity contribution in [1.82, 2.24) is 9.99 Å². The molecule has 30 heavy (non-hydrogen) atoms. The minimum atomic E-state index is 0.647. The Hall–Kier alpha value is -3.13. The summed E-state index contributed by atoms with van der Waals surface area (Å²) in [6.45, 7) is 4.93. The number of nitrogens with zero attached hydrogens (tertiary/aromatic N) is 3. The molecule has 0 saturated carbocycles. The highest BCUT2D eigenvalue weighted by Crippen LogP contribution is 2.32. The molecular formula is C22H24N4O3S. The van der Waals surface area contributed by atoms with Crippen molar-refractivity contribution in [2.45, 2.75) is 20.4 Å². The van der Waals surface area contributed by atoms with Gasteiger partial charge in [0.25, 0.3) is 0 Å². The maximum absolute atomic E-state index is 5.50. The van der Waals surface area contributed by atoms with Gasteiger partial charge in [0.15, 0.2) is 16.7 Å². The lowest BCUT2D eigenvalue weighted by Crippen LogP contribution is -2.25. The predicted molar refractivity (Wildman–Crippen MR) is 120 cm³/mol. The number of furan rings is 1. The van der Waals surface area contributed by atoms with Crippen LogP contribution in [0.5, 0.6) is 11.5 Å². The third-order valence-corrected chi connectivity index (χ3v) is 5.88. The van der Waals surface area contributed by atoms with E-state index >= 15 is 0 Å². The molecule has 0 fully saturated rings. The second-order valence-electron chi connectivity index (χ2n) is 6.87. The Morgan fingerprint density at radius 2 is 2.00 bits per heavy atom. The van der Waals surface area contributed by atoms with Crippen LogP contribution in [0, 0.1) is 13.8 Å². The van der Waals surface area contributed by atoms with Crippen molar-refractivity contribution in [3.8, 4) is 11.5 Å². The molecule has 8 heteroatoms. The van der Waals surface area contributed by atoms with Crippen LogP contribution in [0.25, 0.3) is 0 Å². The van der Waals surface area contributed by atoms with Crippen molar-refractivity contribution in [1.29, 1.82) is 0 Å². The monoisotopic (exact) mass is 424 g/mol. The minimum absolute atomic E-state index is 0.647. The van der Waals surface area contributed by atoms with Gasteiger partial charge in [-0.15, -0.1) is 0 Å². The molecule has 7 nitrogen and oxygen atoms in total. The highest BCUT2D eigenvalue weighted by atomic mass is 32.2. The maximum Gasteiger partial charge on any atom is 0.182 e. The zero-order valence-corrected chi connectivity index (χ0v) is 18.2. The molecule has 2 aromatic heterocycles. The molecule has 3 aromatic rings. The molecule has 4 rings (SSSR count). The number of aliphatic imine (C=N–C) groups is 1. The van der Waals surface area contributed by atoms with E-state index in [2.05, 4.69) is 40.0 Å².